The molecule has 0 aromatic heterocycles. The van der Waals surface area contributed by atoms with Crippen LogP contribution < -0.4 is 4.74 Å². The maximum absolute atomic E-state index is 10.0. The monoisotopic (exact) mass is 164 g/mol. The zero-order valence-corrected chi connectivity index (χ0v) is 6.31. The standard InChI is InChI=1S/C9H8O3/c10-9(11)6-7-12-8-4-2-1-3-5-8/h1-7H,(H,10,11)/b7-6-. The summed E-state index contributed by atoms with van der Waals surface area (Å²) in [6, 6.07) is 8.96. The van der Waals surface area contributed by atoms with E-state index in [4.69, 9.17) is 9.84 Å². The Morgan fingerprint density at radius 1 is 1.33 bits per heavy atom. The van der Waals surface area contributed by atoms with Crippen LogP contribution in [0.5, 0.6) is 5.75 Å². The van der Waals surface area contributed by atoms with Gasteiger partial charge < -0.3 is 9.84 Å². The minimum Gasteiger partial charge on any atom is -0.478 e. The second kappa shape index (κ2) is 4.18. The molecule has 3 nitrogen and oxygen atoms in total. The van der Waals surface area contributed by atoms with Crippen molar-refractivity contribution < 1.29 is 14.6 Å². The van der Waals surface area contributed by atoms with E-state index in [1.807, 2.05) is 18.2 Å². The number of para-hydroxylation sites is 1. The average Bonchev–Trinajstić information content (AvgIpc) is 2.05. The molecule has 0 atom stereocenters. The van der Waals surface area contributed by atoms with Crippen molar-refractivity contribution in [2.75, 3.05) is 0 Å². The molecule has 12 heavy (non-hydrogen) atoms. The molecule has 1 rings (SSSR count). The van der Waals surface area contributed by atoms with E-state index in [0.29, 0.717) is 5.75 Å². The number of carboxylic acids is 1. The van der Waals surface area contributed by atoms with Crippen LogP contribution in [-0.4, -0.2) is 11.1 Å². The van der Waals surface area contributed by atoms with E-state index in [1.54, 1.807) is 12.1 Å². The second-order valence-corrected chi connectivity index (χ2v) is 2.07. The topological polar surface area (TPSA) is 46.5 Å². The van der Waals surface area contributed by atoms with E-state index in [-0.39, 0.29) is 0 Å². The van der Waals surface area contributed by atoms with E-state index in [1.165, 1.54) is 0 Å². The number of benzene rings is 1. The Morgan fingerprint density at radius 2 is 2.00 bits per heavy atom. The predicted molar refractivity (Wildman–Crippen MR) is 43.8 cm³/mol. The van der Waals surface area contributed by atoms with Crippen LogP contribution in [0, 0.1) is 0 Å². The molecule has 0 aliphatic heterocycles. The lowest BCUT2D eigenvalue weighted by atomic mass is 10.3. The van der Waals surface area contributed by atoms with Gasteiger partial charge in [-0.25, -0.2) is 4.79 Å². The molecule has 0 saturated heterocycles. The van der Waals surface area contributed by atoms with Gasteiger partial charge in [0.25, 0.3) is 0 Å². The van der Waals surface area contributed by atoms with Crippen LogP contribution >= 0.6 is 0 Å². The van der Waals surface area contributed by atoms with Crippen LogP contribution in [0.3, 0.4) is 0 Å². The number of carboxylic acid groups (broad SMARTS) is 1. The lowest BCUT2D eigenvalue weighted by Crippen LogP contribution is -1.88. The largest absolute Gasteiger partial charge is 0.478 e. The van der Waals surface area contributed by atoms with Crippen molar-refractivity contribution in [1.82, 2.24) is 0 Å². The summed E-state index contributed by atoms with van der Waals surface area (Å²) in [5, 5.41) is 8.22. The van der Waals surface area contributed by atoms with Crippen molar-refractivity contribution in [3.8, 4) is 5.75 Å². The Morgan fingerprint density at radius 3 is 2.58 bits per heavy atom. The van der Waals surface area contributed by atoms with Crippen LogP contribution in [0.4, 0.5) is 0 Å². The van der Waals surface area contributed by atoms with Crippen molar-refractivity contribution in [3.63, 3.8) is 0 Å². The highest BCUT2D eigenvalue weighted by Gasteiger charge is 1.87. The van der Waals surface area contributed by atoms with Crippen molar-refractivity contribution in [1.29, 1.82) is 0 Å². The van der Waals surface area contributed by atoms with E-state index in [0.717, 1.165) is 12.3 Å². The quantitative estimate of drug-likeness (QED) is 0.546. The SMILES string of the molecule is O=C(O)/C=C\Oc1ccccc1. The zero-order chi connectivity index (χ0) is 8.81. The van der Waals surface area contributed by atoms with Crippen LogP contribution in [0.25, 0.3) is 0 Å². The van der Waals surface area contributed by atoms with Gasteiger partial charge in [0.15, 0.2) is 0 Å². The Balaban J connectivity index is 2.49. The Hall–Kier alpha value is -1.77. The summed E-state index contributed by atoms with van der Waals surface area (Å²) in [7, 11) is 0. The zero-order valence-electron chi connectivity index (χ0n) is 6.31. The molecule has 1 aromatic rings. The Kier molecular flexibility index (Phi) is 2.90. The van der Waals surface area contributed by atoms with E-state index < -0.39 is 5.97 Å². The summed E-state index contributed by atoms with van der Waals surface area (Å²) in [5.41, 5.74) is 0. The number of hydrogen-bond acceptors (Lipinski definition) is 2. The van der Waals surface area contributed by atoms with Gasteiger partial charge in [0, 0.05) is 0 Å². The molecule has 0 unspecified atom stereocenters. The van der Waals surface area contributed by atoms with Gasteiger partial charge in [-0.1, -0.05) is 18.2 Å². The lowest BCUT2D eigenvalue weighted by molar-refractivity contribution is -0.131. The fourth-order valence-electron chi connectivity index (χ4n) is 0.670. The van der Waals surface area contributed by atoms with Crippen LogP contribution in [0.2, 0.25) is 0 Å². The molecule has 0 saturated carbocycles. The van der Waals surface area contributed by atoms with Crippen LogP contribution in [0.1, 0.15) is 0 Å². The first-order valence-corrected chi connectivity index (χ1v) is 3.40. The van der Waals surface area contributed by atoms with E-state index in [2.05, 4.69) is 0 Å². The maximum atomic E-state index is 10.0. The van der Waals surface area contributed by atoms with Gasteiger partial charge in [-0.15, -0.1) is 0 Å². The molecule has 0 heterocycles. The summed E-state index contributed by atoms with van der Waals surface area (Å²) in [4.78, 5) is 10.0. The van der Waals surface area contributed by atoms with Gasteiger partial charge >= 0.3 is 5.97 Å². The van der Waals surface area contributed by atoms with Gasteiger partial charge in [-0.3, -0.25) is 0 Å². The van der Waals surface area contributed by atoms with Gasteiger partial charge in [-0.05, 0) is 12.1 Å². The normalized spacial score (nSPS) is 10.0. The van der Waals surface area contributed by atoms with Crippen molar-refractivity contribution >= 4 is 5.97 Å². The molecule has 0 radical (unpaired) electrons. The molecule has 0 amide bonds. The summed E-state index contributed by atoms with van der Waals surface area (Å²) in [6.07, 6.45) is 2.07. The van der Waals surface area contributed by atoms with Gasteiger partial charge in [0.2, 0.25) is 0 Å². The summed E-state index contributed by atoms with van der Waals surface area (Å²) < 4.78 is 4.96. The minimum absolute atomic E-state index is 0.620. The first-order valence-electron chi connectivity index (χ1n) is 3.40. The van der Waals surface area contributed by atoms with E-state index >= 15 is 0 Å². The highest BCUT2D eigenvalue weighted by atomic mass is 16.5. The molecule has 1 aromatic carbocycles. The molecule has 1 N–H and O–H groups in total. The minimum atomic E-state index is -1.02. The molecule has 0 fully saturated rings. The third-order valence-electron chi connectivity index (χ3n) is 1.16. The molecule has 0 bridgehead atoms. The number of ether oxygens (including phenoxy) is 1. The van der Waals surface area contributed by atoms with Crippen molar-refractivity contribution in [2.24, 2.45) is 0 Å². The van der Waals surface area contributed by atoms with E-state index in [9.17, 15) is 4.79 Å². The van der Waals surface area contributed by atoms with Crippen molar-refractivity contribution in [2.45, 2.75) is 0 Å². The Bertz CT molecular complexity index is 277. The third kappa shape index (κ3) is 2.88. The second-order valence-electron chi connectivity index (χ2n) is 2.07. The summed E-state index contributed by atoms with van der Waals surface area (Å²) >= 11 is 0. The molecular weight excluding hydrogens is 156 g/mol. The molecule has 0 aliphatic carbocycles. The fraction of sp³-hybridized carbons (Fsp3) is 0. The maximum Gasteiger partial charge on any atom is 0.331 e. The molecule has 0 aliphatic rings. The first-order chi connectivity index (χ1) is 5.79. The van der Waals surface area contributed by atoms with Gasteiger partial charge in [-0.2, -0.15) is 0 Å². The summed E-state index contributed by atoms with van der Waals surface area (Å²) in [5.74, 6) is -0.402. The van der Waals surface area contributed by atoms with Crippen LogP contribution in [-0.2, 0) is 4.79 Å². The van der Waals surface area contributed by atoms with Gasteiger partial charge in [0.1, 0.15) is 5.75 Å². The Labute approximate surface area is 69.9 Å². The molecule has 3 heteroatoms. The van der Waals surface area contributed by atoms with Gasteiger partial charge in [0.05, 0.1) is 12.3 Å². The number of carbonyl (C=O) groups is 1. The number of aliphatic carboxylic acids is 1. The molecule has 0 spiro atoms. The molecular formula is C9H8O3. The lowest BCUT2D eigenvalue weighted by Gasteiger charge is -1.96. The average molecular weight is 164 g/mol. The fourth-order valence-corrected chi connectivity index (χ4v) is 0.670. The predicted octanol–water partition coefficient (Wildman–Crippen LogP) is 1.66. The van der Waals surface area contributed by atoms with Crippen molar-refractivity contribution in [3.05, 3.63) is 42.7 Å². The third-order valence-corrected chi connectivity index (χ3v) is 1.16. The van der Waals surface area contributed by atoms with Crippen LogP contribution in [0.15, 0.2) is 42.7 Å². The highest BCUT2D eigenvalue weighted by molar-refractivity contribution is 5.79. The highest BCUT2D eigenvalue weighted by Crippen LogP contribution is 2.07. The number of hydrogen-bond donors (Lipinski definition) is 1. The number of rotatable bonds is 3. The first kappa shape index (κ1) is 8.33. The smallest absolute Gasteiger partial charge is 0.331 e. The molecule has 62 valence electrons. The summed E-state index contributed by atoms with van der Waals surface area (Å²) in [6.45, 7) is 0.